The van der Waals surface area contributed by atoms with Gasteiger partial charge in [-0.15, -0.1) is 10.2 Å². The van der Waals surface area contributed by atoms with E-state index in [0.29, 0.717) is 31.9 Å². The zero-order valence-electron chi connectivity index (χ0n) is 17.9. The van der Waals surface area contributed by atoms with E-state index in [1.807, 2.05) is 29.2 Å². The van der Waals surface area contributed by atoms with Gasteiger partial charge < -0.3 is 4.90 Å². The highest BCUT2D eigenvalue weighted by atomic mass is 32.2. The summed E-state index contributed by atoms with van der Waals surface area (Å²) < 4.78 is 27.9. The Morgan fingerprint density at radius 3 is 1.87 bits per heavy atom. The highest BCUT2D eigenvalue weighted by Gasteiger charge is 2.25. The zero-order valence-corrected chi connectivity index (χ0v) is 18.8. The maximum absolute atomic E-state index is 11.4. The molecule has 0 atom stereocenters. The van der Waals surface area contributed by atoms with E-state index >= 15 is 0 Å². The van der Waals surface area contributed by atoms with E-state index in [2.05, 4.69) is 48.3 Å². The summed E-state index contributed by atoms with van der Waals surface area (Å²) in [4.78, 5) is 6.92. The molecule has 1 aliphatic rings. The molecule has 7 nitrogen and oxygen atoms in total. The second-order valence-electron chi connectivity index (χ2n) is 8.03. The van der Waals surface area contributed by atoms with Crippen molar-refractivity contribution >= 4 is 16.1 Å². The summed E-state index contributed by atoms with van der Waals surface area (Å²) in [6.07, 6.45) is 1.97. The number of benzene rings is 2. The molecule has 0 unspecified atom stereocenters. The highest BCUT2D eigenvalue weighted by Crippen LogP contribution is 2.31. The molecule has 31 heavy (non-hydrogen) atoms. The lowest BCUT2D eigenvalue weighted by Gasteiger charge is -2.31. The molecular weight excluding hydrogens is 412 g/mol. The van der Waals surface area contributed by atoms with Gasteiger partial charge in [-0.25, -0.2) is 4.98 Å². The molecule has 1 aromatic heterocycles. The van der Waals surface area contributed by atoms with Crippen LogP contribution in [-0.2, 0) is 14.3 Å². The molecule has 1 saturated heterocycles. The Morgan fingerprint density at radius 1 is 0.839 bits per heavy atom. The van der Waals surface area contributed by atoms with Crippen LogP contribution in [0.1, 0.15) is 24.0 Å². The van der Waals surface area contributed by atoms with Gasteiger partial charge in [0, 0.05) is 24.2 Å². The van der Waals surface area contributed by atoms with Crippen molar-refractivity contribution in [2.24, 2.45) is 0 Å². The zero-order chi connectivity index (χ0) is 22.0. The summed E-state index contributed by atoms with van der Waals surface area (Å²) >= 11 is 0. The summed E-state index contributed by atoms with van der Waals surface area (Å²) in [5.74, 6) is 0.546. The van der Waals surface area contributed by atoms with Crippen LogP contribution in [0.25, 0.3) is 22.5 Å². The quantitative estimate of drug-likeness (QED) is 0.561. The van der Waals surface area contributed by atoms with Crippen LogP contribution >= 0.6 is 0 Å². The summed E-state index contributed by atoms with van der Waals surface area (Å²) in [6.45, 7) is 5.32. The van der Waals surface area contributed by atoms with Crippen LogP contribution in [0.15, 0.2) is 48.5 Å². The number of hydrogen-bond donors (Lipinski definition) is 0. The van der Waals surface area contributed by atoms with Crippen molar-refractivity contribution in [3.05, 3.63) is 59.7 Å². The summed E-state index contributed by atoms with van der Waals surface area (Å²) in [5, 5.41) is 8.96. The SMILES string of the molecule is Cc1ccc(-c2nnc(N3CCC(OS(C)(=O)=O)CC3)nc2-c2ccc(C)cc2)cc1. The second-order valence-corrected chi connectivity index (χ2v) is 9.63. The van der Waals surface area contributed by atoms with E-state index in [-0.39, 0.29) is 6.10 Å². The van der Waals surface area contributed by atoms with Crippen molar-refractivity contribution < 1.29 is 12.6 Å². The normalized spacial score (nSPS) is 15.3. The lowest BCUT2D eigenvalue weighted by Crippen LogP contribution is -2.38. The number of anilines is 1. The van der Waals surface area contributed by atoms with Gasteiger partial charge in [0.05, 0.1) is 12.4 Å². The van der Waals surface area contributed by atoms with Crippen LogP contribution in [0.2, 0.25) is 0 Å². The molecule has 0 amide bonds. The van der Waals surface area contributed by atoms with Gasteiger partial charge in [-0.05, 0) is 26.7 Å². The van der Waals surface area contributed by atoms with Crippen LogP contribution in [0.5, 0.6) is 0 Å². The van der Waals surface area contributed by atoms with Gasteiger partial charge >= 0.3 is 0 Å². The molecule has 0 N–H and O–H groups in total. The molecule has 0 saturated carbocycles. The molecule has 2 heterocycles. The fourth-order valence-electron chi connectivity index (χ4n) is 3.67. The van der Waals surface area contributed by atoms with Crippen LogP contribution in [-0.4, -0.2) is 49.0 Å². The van der Waals surface area contributed by atoms with Crippen LogP contribution in [0, 0.1) is 13.8 Å². The fourth-order valence-corrected chi connectivity index (χ4v) is 4.36. The number of hydrogen-bond acceptors (Lipinski definition) is 7. The number of piperidine rings is 1. The molecular formula is C23H26N4O3S. The molecule has 0 aliphatic carbocycles. The lowest BCUT2D eigenvalue weighted by molar-refractivity contribution is 0.179. The van der Waals surface area contributed by atoms with Crippen LogP contribution in [0.4, 0.5) is 5.95 Å². The predicted octanol–water partition coefficient (Wildman–Crippen LogP) is 3.77. The summed E-state index contributed by atoms with van der Waals surface area (Å²) in [6, 6.07) is 16.4. The molecule has 0 bridgehead atoms. The Hall–Kier alpha value is -2.84. The minimum absolute atomic E-state index is 0.303. The molecule has 4 rings (SSSR count). The minimum Gasteiger partial charge on any atom is -0.339 e. The Kier molecular flexibility index (Phi) is 6.02. The van der Waals surface area contributed by atoms with Gasteiger partial charge in [-0.3, -0.25) is 4.18 Å². The molecule has 8 heteroatoms. The van der Waals surface area contributed by atoms with Gasteiger partial charge in [0.2, 0.25) is 5.95 Å². The first-order valence-corrected chi connectivity index (χ1v) is 12.1. The topological polar surface area (TPSA) is 85.3 Å². The largest absolute Gasteiger partial charge is 0.339 e. The molecule has 1 aliphatic heterocycles. The predicted molar refractivity (Wildman–Crippen MR) is 121 cm³/mol. The van der Waals surface area contributed by atoms with Crippen LogP contribution < -0.4 is 4.90 Å². The first kappa shape index (κ1) is 21.4. The molecule has 3 aromatic rings. The molecule has 2 aromatic carbocycles. The van der Waals surface area contributed by atoms with Gasteiger partial charge in [-0.1, -0.05) is 59.7 Å². The smallest absolute Gasteiger partial charge is 0.264 e. The van der Waals surface area contributed by atoms with Crippen molar-refractivity contribution in [1.82, 2.24) is 15.2 Å². The average Bonchev–Trinajstić information content (AvgIpc) is 2.74. The standard InChI is InChI=1S/C23H26N4O3S/c1-16-4-8-18(9-5-16)21-22(19-10-6-17(2)7-11-19)25-26-23(24-21)27-14-12-20(13-15-27)30-31(3,28)29/h4-11,20H,12-15H2,1-3H3. The first-order valence-electron chi connectivity index (χ1n) is 10.3. The van der Waals surface area contributed by atoms with Crippen molar-refractivity contribution in [3.63, 3.8) is 0 Å². The minimum atomic E-state index is -3.45. The third-order valence-corrected chi connectivity index (χ3v) is 5.98. The molecule has 0 spiro atoms. The van der Waals surface area contributed by atoms with Crippen LogP contribution in [0.3, 0.4) is 0 Å². The van der Waals surface area contributed by atoms with Gasteiger partial charge in [0.15, 0.2) is 0 Å². The Bertz CT molecular complexity index is 1150. The highest BCUT2D eigenvalue weighted by molar-refractivity contribution is 7.86. The maximum Gasteiger partial charge on any atom is 0.264 e. The van der Waals surface area contributed by atoms with Crippen molar-refractivity contribution in [2.75, 3.05) is 24.2 Å². The van der Waals surface area contributed by atoms with E-state index in [1.165, 1.54) is 11.1 Å². The Labute approximate surface area is 183 Å². The van der Waals surface area contributed by atoms with Gasteiger partial charge in [-0.2, -0.15) is 8.42 Å². The lowest BCUT2D eigenvalue weighted by atomic mass is 10.0. The third-order valence-electron chi connectivity index (χ3n) is 5.36. The van der Waals surface area contributed by atoms with Crippen molar-refractivity contribution in [3.8, 4) is 22.5 Å². The number of aryl methyl sites for hydroxylation is 2. The van der Waals surface area contributed by atoms with E-state index in [0.717, 1.165) is 28.8 Å². The van der Waals surface area contributed by atoms with Crippen molar-refractivity contribution in [1.29, 1.82) is 0 Å². The monoisotopic (exact) mass is 438 g/mol. The number of nitrogens with zero attached hydrogens (tertiary/aromatic N) is 4. The van der Waals surface area contributed by atoms with E-state index in [1.54, 1.807) is 0 Å². The fraction of sp³-hybridized carbons (Fsp3) is 0.348. The van der Waals surface area contributed by atoms with E-state index in [9.17, 15) is 8.42 Å². The number of aromatic nitrogens is 3. The van der Waals surface area contributed by atoms with Gasteiger partial charge in [0.25, 0.3) is 10.1 Å². The summed E-state index contributed by atoms with van der Waals surface area (Å²) in [5.41, 5.74) is 5.82. The molecule has 1 fully saturated rings. The maximum atomic E-state index is 11.4. The Morgan fingerprint density at radius 2 is 1.35 bits per heavy atom. The third kappa shape index (κ3) is 5.26. The Balaban J connectivity index is 1.65. The second kappa shape index (κ2) is 8.72. The molecule has 162 valence electrons. The average molecular weight is 439 g/mol. The number of rotatable bonds is 5. The molecule has 0 radical (unpaired) electrons. The first-order chi connectivity index (χ1) is 14.8. The van der Waals surface area contributed by atoms with Gasteiger partial charge in [0.1, 0.15) is 11.4 Å². The summed E-state index contributed by atoms with van der Waals surface area (Å²) in [7, 11) is -3.45. The van der Waals surface area contributed by atoms with E-state index in [4.69, 9.17) is 9.17 Å². The van der Waals surface area contributed by atoms with Crippen molar-refractivity contribution in [2.45, 2.75) is 32.8 Å². The van der Waals surface area contributed by atoms with E-state index < -0.39 is 10.1 Å².